The zero-order valence-electron chi connectivity index (χ0n) is 10.5. The molecule has 5 heteroatoms. The van der Waals surface area contributed by atoms with Gasteiger partial charge >= 0.3 is 5.97 Å². The first kappa shape index (κ1) is 14.1. The predicted molar refractivity (Wildman–Crippen MR) is 67.5 cm³/mol. The van der Waals surface area contributed by atoms with Crippen molar-refractivity contribution in [3.63, 3.8) is 0 Å². The number of aromatic nitrogens is 1. The minimum absolute atomic E-state index is 0.0104. The molecule has 0 aliphatic heterocycles. The second kappa shape index (κ2) is 6.71. The SMILES string of the molecule is CCCC(OCC)c1nc(C)c(CC(=O)O)s1. The first-order valence-electron chi connectivity index (χ1n) is 5.88. The average Bonchev–Trinajstić information content (AvgIpc) is 2.59. The van der Waals surface area contributed by atoms with E-state index in [1.807, 2.05) is 13.8 Å². The van der Waals surface area contributed by atoms with E-state index in [-0.39, 0.29) is 12.5 Å². The quantitative estimate of drug-likeness (QED) is 0.815. The summed E-state index contributed by atoms with van der Waals surface area (Å²) >= 11 is 1.46. The minimum atomic E-state index is -0.813. The third-order valence-corrected chi connectivity index (χ3v) is 3.66. The van der Waals surface area contributed by atoms with Crippen LogP contribution >= 0.6 is 11.3 Å². The van der Waals surface area contributed by atoms with Gasteiger partial charge in [-0.05, 0) is 20.3 Å². The van der Waals surface area contributed by atoms with Crippen LogP contribution in [0.3, 0.4) is 0 Å². The summed E-state index contributed by atoms with van der Waals surface area (Å²) in [5.74, 6) is -0.813. The molecule has 1 rings (SSSR count). The fourth-order valence-corrected chi connectivity index (χ4v) is 2.77. The smallest absolute Gasteiger partial charge is 0.308 e. The highest BCUT2D eigenvalue weighted by Crippen LogP contribution is 2.29. The fourth-order valence-electron chi connectivity index (χ4n) is 1.63. The number of carboxylic acids is 1. The Morgan fingerprint density at radius 1 is 1.53 bits per heavy atom. The Labute approximate surface area is 106 Å². The fraction of sp³-hybridized carbons (Fsp3) is 0.667. The van der Waals surface area contributed by atoms with Gasteiger partial charge in [-0.3, -0.25) is 4.79 Å². The van der Waals surface area contributed by atoms with Crippen LogP contribution in [0.15, 0.2) is 0 Å². The van der Waals surface area contributed by atoms with Crippen molar-refractivity contribution in [1.29, 1.82) is 0 Å². The minimum Gasteiger partial charge on any atom is -0.481 e. The average molecular weight is 257 g/mol. The molecule has 0 aliphatic rings. The number of rotatable bonds is 7. The lowest BCUT2D eigenvalue weighted by Crippen LogP contribution is -2.03. The summed E-state index contributed by atoms with van der Waals surface area (Å²) in [7, 11) is 0. The van der Waals surface area contributed by atoms with Crippen molar-refractivity contribution in [2.24, 2.45) is 0 Å². The topological polar surface area (TPSA) is 59.4 Å². The number of nitrogens with zero attached hydrogens (tertiary/aromatic N) is 1. The van der Waals surface area contributed by atoms with Crippen LogP contribution in [0.1, 0.15) is 48.4 Å². The Hall–Kier alpha value is -0.940. The third kappa shape index (κ3) is 4.09. The highest BCUT2D eigenvalue weighted by atomic mass is 32.1. The van der Waals surface area contributed by atoms with Gasteiger partial charge in [0.15, 0.2) is 0 Å². The third-order valence-electron chi connectivity index (χ3n) is 2.42. The highest BCUT2D eigenvalue weighted by Gasteiger charge is 2.18. The van der Waals surface area contributed by atoms with Crippen molar-refractivity contribution in [2.75, 3.05) is 6.61 Å². The summed E-state index contributed by atoms with van der Waals surface area (Å²) in [6.07, 6.45) is 2.01. The van der Waals surface area contributed by atoms with Crippen molar-refractivity contribution < 1.29 is 14.6 Å². The number of aliphatic carboxylic acids is 1. The van der Waals surface area contributed by atoms with E-state index in [1.165, 1.54) is 11.3 Å². The molecule has 0 saturated carbocycles. The number of hydrogen-bond acceptors (Lipinski definition) is 4. The van der Waals surface area contributed by atoms with Gasteiger partial charge in [0.1, 0.15) is 11.1 Å². The largest absolute Gasteiger partial charge is 0.481 e. The number of carboxylic acid groups (broad SMARTS) is 1. The molecule has 0 spiro atoms. The molecule has 1 N–H and O–H groups in total. The molecule has 0 bridgehead atoms. The van der Waals surface area contributed by atoms with Gasteiger partial charge < -0.3 is 9.84 Å². The monoisotopic (exact) mass is 257 g/mol. The van der Waals surface area contributed by atoms with E-state index in [1.54, 1.807) is 0 Å². The molecular formula is C12H19NO3S. The van der Waals surface area contributed by atoms with Crippen LogP contribution in [-0.2, 0) is 16.0 Å². The van der Waals surface area contributed by atoms with E-state index in [9.17, 15) is 4.79 Å². The van der Waals surface area contributed by atoms with Gasteiger partial charge in [0.05, 0.1) is 12.1 Å². The molecule has 17 heavy (non-hydrogen) atoms. The maximum atomic E-state index is 10.7. The number of hydrogen-bond donors (Lipinski definition) is 1. The van der Waals surface area contributed by atoms with Crippen molar-refractivity contribution in [3.05, 3.63) is 15.6 Å². The molecule has 0 aliphatic carbocycles. The van der Waals surface area contributed by atoms with Gasteiger partial charge in [0, 0.05) is 11.5 Å². The van der Waals surface area contributed by atoms with E-state index < -0.39 is 5.97 Å². The van der Waals surface area contributed by atoms with Gasteiger partial charge in [-0.15, -0.1) is 11.3 Å². The normalized spacial score (nSPS) is 12.6. The van der Waals surface area contributed by atoms with Gasteiger partial charge in [-0.25, -0.2) is 4.98 Å². The Kier molecular flexibility index (Phi) is 5.58. The van der Waals surface area contributed by atoms with Crippen LogP contribution < -0.4 is 0 Å². The van der Waals surface area contributed by atoms with E-state index in [0.29, 0.717) is 6.61 Å². The summed E-state index contributed by atoms with van der Waals surface area (Å²) in [5.41, 5.74) is 0.813. The summed E-state index contributed by atoms with van der Waals surface area (Å²) in [6.45, 7) is 6.57. The summed E-state index contributed by atoms with van der Waals surface area (Å²) in [6, 6.07) is 0. The number of thiazole rings is 1. The van der Waals surface area contributed by atoms with Crippen molar-refractivity contribution in [2.45, 2.75) is 46.1 Å². The molecule has 0 amide bonds. The van der Waals surface area contributed by atoms with Crippen LogP contribution in [0.25, 0.3) is 0 Å². The second-order valence-corrected chi connectivity index (χ2v) is 4.98. The standard InChI is InChI=1S/C12H19NO3S/c1-4-6-9(16-5-2)12-13-8(3)10(17-12)7-11(14)15/h9H,4-7H2,1-3H3,(H,14,15). The van der Waals surface area contributed by atoms with Crippen LogP contribution in [0, 0.1) is 6.92 Å². The van der Waals surface area contributed by atoms with Crippen molar-refractivity contribution >= 4 is 17.3 Å². The van der Waals surface area contributed by atoms with Crippen LogP contribution in [0.4, 0.5) is 0 Å². The lowest BCUT2D eigenvalue weighted by molar-refractivity contribution is -0.136. The molecular weight excluding hydrogens is 238 g/mol. The predicted octanol–water partition coefficient (Wildman–Crippen LogP) is 2.96. The van der Waals surface area contributed by atoms with Crippen molar-refractivity contribution in [1.82, 2.24) is 4.98 Å². The Bertz CT molecular complexity index is 370. The van der Waals surface area contributed by atoms with Crippen molar-refractivity contribution in [3.8, 4) is 0 Å². The zero-order chi connectivity index (χ0) is 12.8. The second-order valence-electron chi connectivity index (χ2n) is 3.86. The molecule has 1 aromatic heterocycles. The number of aryl methyl sites for hydroxylation is 1. The van der Waals surface area contributed by atoms with E-state index in [0.717, 1.165) is 28.4 Å². The van der Waals surface area contributed by atoms with Crippen LogP contribution in [0.2, 0.25) is 0 Å². The van der Waals surface area contributed by atoms with Crippen LogP contribution in [-0.4, -0.2) is 22.7 Å². The molecule has 1 unspecified atom stereocenters. The van der Waals surface area contributed by atoms with Gasteiger partial charge in [-0.1, -0.05) is 13.3 Å². The van der Waals surface area contributed by atoms with Crippen LogP contribution in [0.5, 0.6) is 0 Å². The van der Waals surface area contributed by atoms with Gasteiger partial charge in [-0.2, -0.15) is 0 Å². The molecule has 1 atom stereocenters. The van der Waals surface area contributed by atoms with Gasteiger partial charge in [0.25, 0.3) is 0 Å². The molecule has 96 valence electrons. The molecule has 1 aromatic rings. The number of carbonyl (C=O) groups is 1. The summed E-state index contributed by atoms with van der Waals surface area (Å²) in [5, 5.41) is 9.70. The lowest BCUT2D eigenvalue weighted by Gasteiger charge is -2.12. The maximum Gasteiger partial charge on any atom is 0.308 e. The molecule has 4 nitrogen and oxygen atoms in total. The summed E-state index contributed by atoms with van der Waals surface area (Å²) in [4.78, 5) is 16.0. The lowest BCUT2D eigenvalue weighted by atomic mass is 10.2. The molecule has 0 fully saturated rings. The Morgan fingerprint density at radius 2 is 2.24 bits per heavy atom. The Morgan fingerprint density at radius 3 is 2.76 bits per heavy atom. The summed E-state index contributed by atoms with van der Waals surface area (Å²) < 4.78 is 5.64. The number of ether oxygens (including phenoxy) is 1. The highest BCUT2D eigenvalue weighted by molar-refractivity contribution is 7.11. The van der Waals surface area contributed by atoms with E-state index in [4.69, 9.17) is 9.84 Å². The molecule has 0 aromatic carbocycles. The van der Waals surface area contributed by atoms with E-state index >= 15 is 0 Å². The maximum absolute atomic E-state index is 10.7. The molecule has 1 heterocycles. The first-order chi connectivity index (χ1) is 8.08. The molecule has 0 radical (unpaired) electrons. The zero-order valence-corrected chi connectivity index (χ0v) is 11.3. The molecule has 0 saturated heterocycles. The first-order valence-corrected chi connectivity index (χ1v) is 6.69. The van der Waals surface area contributed by atoms with Gasteiger partial charge in [0.2, 0.25) is 0 Å². The van der Waals surface area contributed by atoms with E-state index in [2.05, 4.69) is 11.9 Å². The Balaban J connectivity index is 2.85.